The first-order chi connectivity index (χ1) is 8.63. The largest absolute Gasteiger partial charge is 0.381 e. The highest BCUT2D eigenvalue weighted by Crippen LogP contribution is 2.31. The highest BCUT2D eigenvalue weighted by atomic mass is 19.1. The van der Waals surface area contributed by atoms with E-state index in [-0.39, 0.29) is 23.6 Å². The summed E-state index contributed by atoms with van der Waals surface area (Å²) in [5.74, 6) is -0.485. The molecule has 1 fully saturated rings. The van der Waals surface area contributed by atoms with Crippen LogP contribution in [-0.4, -0.2) is 19.8 Å². The quantitative estimate of drug-likeness (QED) is 0.893. The van der Waals surface area contributed by atoms with Crippen molar-refractivity contribution in [1.82, 2.24) is 5.32 Å². The standard InChI is InChI=1S/C14H19F2NO/c1-3-17-14(10-4-5-18-8-10)11-7-12(15)9(2)6-13(11)16/h6-7,10,14,17H,3-5,8H2,1-2H3. The number of halogens is 2. The first-order valence-corrected chi connectivity index (χ1v) is 6.40. The molecule has 0 aromatic heterocycles. The van der Waals surface area contributed by atoms with Gasteiger partial charge in [-0.1, -0.05) is 6.92 Å². The molecule has 4 heteroatoms. The molecule has 2 unspecified atom stereocenters. The Morgan fingerprint density at radius 1 is 1.39 bits per heavy atom. The van der Waals surface area contributed by atoms with Crippen molar-refractivity contribution in [3.05, 3.63) is 34.9 Å². The summed E-state index contributed by atoms with van der Waals surface area (Å²) >= 11 is 0. The molecule has 1 heterocycles. The maximum Gasteiger partial charge on any atom is 0.128 e. The SMILES string of the molecule is CCNC(c1cc(F)c(C)cc1F)C1CCOC1. The minimum absolute atomic E-state index is 0.174. The smallest absolute Gasteiger partial charge is 0.128 e. The van der Waals surface area contributed by atoms with E-state index in [1.165, 1.54) is 12.1 Å². The summed E-state index contributed by atoms with van der Waals surface area (Å²) < 4.78 is 33.0. The fraction of sp³-hybridized carbons (Fsp3) is 0.571. The van der Waals surface area contributed by atoms with Crippen LogP contribution in [-0.2, 0) is 4.74 Å². The Kier molecular flexibility index (Phi) is 4.30. The molecule has 1 aromatic carbocycles. The van der Waals surface area contributed by atoms with Gasteiger partial charge >= 0.3 is 0 Å². The molecular weight excluding hydrogens is 236 g/mol. The molecule has 0 aliphatic carbocycles. The summed E-state index contributed by atoms with van der Waals surface area (Å²) in [4.78, 5) is 0. The van der Waals surface area contributed by atoms with Crippen LogP contribution in [0.15, 0.2) is 12.1 Å². The molecule has 1 saturated heterocycles. The summed E-state index contributed by atoms with van der Waals surface area (Å²) in [7, 11) is 0. The molecule has 1 aromatic rings. The number of hydrogen-bond donors (Lipinski definition) is 1. The molecule has 0 bridgehead atoms. The molecule has 1 N–H and O–H groups in total. The normalized spacial score (nSPS) is 21.2. The molecule has 1 aliphatic rings. The number of nitrogens with one attached hydrogen (secondary N) is 1. The molecule has 1 aliphatic heterocycles. The Hall–Kier alpha value is -1.00. The molecule has 0 amide bonds. The molecule has 2 atom stereocenters. The second-order valence-electron chi connectivity index (χ2n) is 4.78. The van der Waals surface area contributed by atoms with Crippen LogP contribution in [0, 0.1) is 24.5 Å². The molecule has 0 saturated carbocycles. The van der Waals surface area contributed by atoms with Crippen molar-refractivity contribution in [1.29, 1.82) is 0 Å². The van der Waals surface area contributed by atoms with E-state index in [0.717, 1.165) is 13.0 Å². The van der Waals surface area contributed by atoms with Crippen LogP contribution < -0.4 is 5.32 Å². The lowest BCUT2D eigenvalue weighted by Gasteiger charge is -2.24. The van der Waals surface area contributed by atoms with Gasteiger partial charge in [0.25, 0.3) is 0 Å². The zero-order chi connectivity index (χ0) is 13.1. The maximum atomic E-state index is 14.0. The van der Waals surface area contributed by atoms with Crippen molar-refractivity contribution in [3.8, 4) is 0 Å². The zero-order valence-corrected chi connectivity index (χ0v) is 10.8. The van der Waals surface area contributed by atoms with E-state index in [0.29, 0.717) is 24.3 Å². The van der Waals surface area contributed by atoms with Crippen molar-refractivity contribution in [3.63, 3.8) is 0 Å². The highest BCUT2D eigenvalue weighted by Gasteiger charge is 2.28. The van der Waals surface area contributed by atoms with Gasteiger partial charge in [0, 0.05) is 24.1 Å². The number of ether oxygens (including phenoxy) is 1. The number of rotatable bonds is 4. The van der Waals surface area contributed by atoms with Crippen molar-refractivity contribution in [2.24, 2.45) is 5.92 Å². The van der Waals surface area contributed by atoms with Crippen LogP contribution >= 0.6 is 0 Å². The van der Waals surface area contributed by atoms with E-state index in [4.69, 9.17) is 4.74 Å². The molecule has 18 heavy (non-hydrogen) atoms. The molecule has 2 nitrogen and oxygen atoms in total. The summed E-state index contributed by atoms with van der Waals surface area (Å²) in [6, 6.07) is 2.41. The Morgan fingerprint density at radius 3 is 2.78 bits per heavy atom. The predicted octanol–water partition coefficient (Wildman–Crippen LogP) is 2.96. The van der Waals surface area contributed by atoms with Crippen LogP contribution in [0.5, 0.6) is 0 Å². The van der Waals surface area contributed by atoms with Gasteiger partial charge in [-0.3, -0.25) is 0 Å². The van der Waals surface area contributed by atoms with Gasteiger partial charge in [-0.2, -0.15) is 0 Å². The van der Waals surface area contributed by atoms with Crippen molar-refractivity contribution >= 4 is 0 Å². The van der Waals surface area contributed by atoms with E-state index < -0.39 is 0 Å². The van der Waals surface area contributed by atoms with Crippen LogP contribution in [0.4, 0.5) is 8.78 Å². The molecule has 100 valence electrons. The van der Waals surface area contributed by atoms with Gasteiger partial charge < -0.3 is 10.1 Å². The van der Waals surface area contributed by atoms with Crippen LogP contribution in [0.1, 0.15) is 30.5 Å². The van der Waals surface area contributed by atoms with E-state index >= 15 is 0 Å². The van der Waals surface area contributed by atoms with Crippen molar-refractivity contribution in [2.45, 2.75) is 26.3 Å². The Balaban J connectivity index is 2.32. The lowest BCUT2D eigenvalue weighted by Crippen LogP contribution is -2.29. The predicted molar refractivity (Wildman–Crippen MR) is 66.4 cm³/mol. The molecule has 0 spiro atoms. The van der Waals surface area contributed by atoms with Gasteiger partial charge in [0.1, 0.15) is 11.6 Å². The lowest BCUT2D eigenvalue weighted by molar-refractivity contribution is 0.176. The maximum absolute atomic E-state index is 14.0. The van der Waals surface area contributed by atoms with Gasteiger partial charge in [0.15, 0.2) is 0 Å². The Labute approximate surface area is 106 Å². The lowest BCUT2D eigenvalue weighted by atomic mass is 9.91. The van der Waals surface area contributed by atoms with Gasteiger partial charge in [0.2, 0.25) is 0 Å². The first kappa shape index (κ1) is 13.4. The Morgan fingerprint density at radius 2 is 2.17 bits per heavy atom. The van der Waals surface area contributed by atoms with Gasteiger partial charge in [0.05, 0.1) is 6.61 Å². The minimum atomic E-state index is -0.354. The third-order valence-electron chi connectivity index (χ3n) is 3.47. The van der Waals surface area contributed by atoms with E-state index in [2.05, 4.69) is 5.32 Å². The van der Waals surface area contributed by atoms with E-state index in [1.807, 2.05) is 6.92 Å². The average Bonchev–Trinajstić information content (AvgIpc) is 2.85. The summed E-state index contributed by atoms with van der Waals surface area (Å²) in [6.45, 7) is 5.56. The van der Waals surface area contributed by atoms with E-state index in [9.17, 15) is 8.78 Å². The minimum Gasteiger partial charge on any atom is -0.381 e. The monoisotopic (exact) mass is 255 g/mol. The third kappa shape index (κ3) is 2.70. The van der Waals surface area contributed by atoms with Gasteiger partial charge in [-0.15, -0.1) is 0 Å². The van der Waals surface area contributed by atoms with Crippen LogP contribution in [0.2, 0.25) is 0 Å². The summed E-state index contributed by atoms with van der Waals surface area (Å²) in [5, 5.41) is 3.24. The van der Waals surface area contributed by atoms with Crippen molar-refractivity contribution < 1.29 is 13.5 Å². The first-order valence-electron chi connectivity index (χ1n) is 6.40. The summed E-state index contributed by atoms with van der Waals surface area (Å²) in [6.07, 6.45) is 0.882. The topological polar surface area (TPSA) is 21.3 Å². The highest BCUT2D eigenvalue weighted by molar-refractivity contribution is 5.28. The van der Waals surface area contributed by atoms with Gasteiger partial charge in [-0.05, 0) is 37.6 Å². The number of benzene rings is 1. The molecule has 0 radical (unpaired) electrons. The zero-order valence-electron chi connectivity index (χ0n) is 10.8. The summed E-state index contributed by atoms with van der Waals surface area (Å²) in [5.41, 5.74) is 0.754. The van der Waals surface area contributed by atoms with Crippen LogP contribution in [0.25, 0.3) is 0 Å². The van der Waals surface area contributed by atoms with Crippen LogP contribution in [0.3, 0.4) is 0 Å². The van der Waals surface area contributed by atoms with E-state index in [1.54, 1.807) is 6.92 Å². The third-order valence-corrected chi connectivity index (χ3v) is 3.47. The second-order valence-corrected chi connectivity index (χ2v) is 4.78. The van der Waals surface area contributed by atoms with Crippen molar-refractivity contribution in [2.75, 3.05) is 19.8 Å². The molecular formula is C14H19F2NO. The second kappa shape index (κ2) is 5.76. The average molecular weight is 255 g/mol. The fourth-order valence-electron chi connectivity index (χ4n) is 2.47. The van der Waals surface area contributed by atoms with Gasteiger partial charge in [-0.25, -0.2) is 8.78 Å². The Bertz CT molecular complexity index is 417. The number of aryl methyl sites for hydroxylation is 1. The fourth-order valence-corrected chi connectivity index (χ4v) is 2.47. The molecule has 2 rings (SSSR count). The number of hydrogen-bond acceptors (Lipinski definition) is 2.